The van der Waals surface area contributed by atoms with Crippen LogP contribution in [0.2, 0.25) is 0 Å². The zero-order chi connectivity index (χ0) is 32.6. The molecule has 0 bridgehead atoms. The van der Waals surface area contributed by atoms with Gasteiger partial charge in [-0.05, 0) is 56.3 Å². The highest BCUT2D eigenvalue weighted by atomic mass is 16.4. The van der Waals surface area contributed by atoms with Crippen LogP contribution in [0.3, 0.4) is 0 Å². The van der Waals surface area contributed by atoms with Crippen molar-refractivity contribution in [2.75, 3.05) is 6.54 Å². The number of ketones is 1. The van der Waals surface area contributed by atoms with E-state index in [0.29, 0.717) is 44.2 Å². The fraction of sp³-hybridized carbons (Fsp3) is 0.552. The molecule has 1 aromatic rings. The summed E-state index contributed by atoms with van der Waals surface area (Å²) in [5.74, 6) is -4.93. The zero-order valence-corrected chi connectivity index (χ0v) is 24.6. The fourth-order valence-corrected chi connectivity index (χ4v) is 4.69. The standard InChI is InChI=1S/C29H43N7O8/c30-14-4-3-6-20-27(42)34-19(5-1-2-7-24(31)32)23(38)12-13-25(39)33-22(16-26(40)41)29(44)36-21(28(43)35-20)15-17-8-10-18(37)11-9-17/h8-11,19-22,37H,1-7,12-16,30H2,(H3,31,32)(H,33,39)(H,34,42)(H,35,43)(H,36,44)(H,40,41)/t19-,20?,21+,22-/m0/s1. The number of hydrogen-bond donors (Lipinski definition) is 9. The van der Waals surface area contributed by atoms with Crippen LogP contribution in [-0.4, -0.2) is 82.1 Å². The third kappa shape index (κ3) is 12.8. The number of nitrogens with one attached hydrogen (secondary N) is 5. The molecular weight excluding hydrogens is 574 g/mol. The molecule has 0 spiro atoms. The first kappa shape index (κ1) is 35.7. The first-order valence-electron chi connectivity index (χ1n) is 14.7. The number of amides is 4. The maximum atomic E-state index is 13.6. The van der Waals surface area contributed by atoms with E-state index in [9.17, 15) is 39.0 Å². The average Bonchev–Trinajstić information content (AvgIpc) is 2.96. The second-order valence-corrected chi connectivity index (χ2v) is 10.8. The van der Waals surface area contributed by atoms with Crippen molar-refractivity contribution in [1.82, 2.24) is 21.3 Å². The summed E-state index contributed by atoms with van der Waals surface area (Å²) in [6.07, 6.45) is 1.15. The SMILES string of the molecule is N=C(N)CCCC[C@@H]1NC(=O)C(CCCCN)NC(=O)[C@@H](Cc2ccc(O)cc2)NC(=O)[C@H](CC(=O)O)NC(=O)CCC1=O. The molecule has 2 rings (SSSR count). The van der Waals surface area contributed by atoms with E-state index in [4.69, 9.17) is 16.9 Å². The summed E-state index contributed by atoms with van der Waals surface area (Å²) < 4.78 is 0. The summed E-state index contributed by atoms with van der Waals surface area (Å²) in [5.41, 5.74) is 11.6. The van der Waals surface area contributed by atoms with E-state index in [1.807, 2.05) is 0 Å². The van der Waals surface area contributed by atoms with Gasteiger partial charge in [0.2, 0.25) is 23.6 Å². The molecule has 0 radical (unpaired) electrons. The van der Waals surface area contributed by atoms with E-state index in [1.165, 1.54) is 24.3 Å². The highest BCUT2D eigenvalue weighted by Gasteiger charge is 2.33. The highest BCUT2D eigenvalue weighted by molar-refractivity contribution is 5.98. The van der Waals surface area contributed by atoms with Crippen LogP contribution in [-0.2, 0) is 35.2 Å². The van der Waals surface area contributed by atoms with E-state index >= 15 is 0 Å². The van der Waals surface area contributed by atoms with Gasteiger partial charge in [0, 0.05) is 25.7 Å². The number of carbonyl (C=O) groups is 6. The predicted octanol–water partition coefficient (Wildman–Crippen LogP) is -0.663. The van der Waals surface area contributed by atoms with Crippen LogP contribution >= 0.6 is 0 Å². The van der Waals surface area contributed by atoms with Gasteiger partial charge in [-0.2, -0.15) is 0 Å². The Morgan fingerprint density at radius 2 is 1.36 bits per heavy atom. The molecule has 4 amide bonds. The smallest absolute Gasteiger partial charge is 0.305 e. The largest absolute Gasteiger partial charge is 0.508 e. The monoisotopic (exact) mass is 617 g/mol. The summed E-state index contributed by atoms with van der Waals surface area (Å²) in [4.78, 5) is 77.6. The van der Waals surface area contributed by atoms with Crippen molar-refractivity contribution in [2.45, 2.75) is 94.8 Å². The number of phenolic OH excluding ortho intramolecular Hbond substituents is 1. The number of amidine groups is 1. The second-order valence-electron chi connectivity index (χ2n) is 10.8. The van der Waals surface area contributed by atoms with Gasteiger partial charge in [0.15, 0.2) is 5.78 Å². The topological polar surface area (TPSA) is 267 Å². The van der Waals surface area contributed by atoms with Crippen LogP contribution in [0.25, 0.3) is 0 Å². The molecule has 242 valence electrons. The summed E-state index contributed by atoms with van der Waals surface area (Å²) >= 11 is 0. The Morgan fingerprint density at radius 3 is 2.00 bits per heavy atom. The van der Waals surface area contributed by atoms with E-state index in [-0.39, 0.29) is 43.7 Å². The molecule has 0 aromatic heterocycles. The third-order valence-electron chi connectivity index (χ3n) is 7.11. The molecule has 15 nitrogen and oxygen atoms in total. The number of hydrogen-bond acceptors (Lipinski definition) is 9. The van der Waals surface area contributed by atoms with Crippen molar-refractivity contribution in [1.29, 1.82) is 5.41 Å². The van der Waals surface area contributed by atoms with Crippen molar-refractivity contribution in [3.8, 4) is 5.75 Å². The number of rotatable bonds is 13. The number of carbonyl (C=O) groups excluding carboxylic acids is 5. The summed E-state index contributed by atoms with van der Waals surface area (Å²) in [6.45, 7) is 0.352. The van der Waals surface area contributed by atoms with Crippen LogP contribution in [0.1, 0.15) is 69.8 Å². The van der Waals surface area contributed by atoms with Crippen LogP contribution in [0.5, 0.6) is 5.75 Å². The molecule has 1 fully saturated rings. The molecule has 1 aromatic carbocycles. The molecular formula is C29H43N7O8. The lowest BCUT2D eigenvalue weighted by atomic mass is 9.99. The molecule has 44 heavy (non-hydrogen) atoms. The van der Waals surface area contributed by atoms with Crippen LogP contribution in [0, 0.1) is 5.41 Å². The quantitative estimate of drug-likeness (QED) is 0.0765. The lowest BCUT2D eigenvalue weighted by Gasteiger charge is -2.26. The summed E-state index contributed by atoms with van der Waals surface area (Å²) in [5, 5.41) is 36.6. The molecule has 15 heteroatoms. The van der Waals surface area contributed by atoms with Gasteiger partial charge in [-0.25, -0.2) is 0 Å². The number of Topliss-reactive ketones (excluding diaryl/α,β-unsaturated/α-hetero) is 1. The Hall–Kier alpha value is -4.53. The number of unbranched alkanes of at least 4 members (excludes halogenated alkanes) is 2. The van der Waals surface area contributed by atoms with Gasteiger partial charge in [0.25, 0.3) is 0 Å². The van der Waals surface area contributed by atoms with Gasteiger partial charge in [0.05, 0.1) is 18.3 Å². The Morgan fingerprint density at radius 1 is 0.795 bits per heavy atom. The zero-order valence-electron chi connectivity index (χ0n) is 24.6. The van der Waals surface area contributed by atoms with E-state index in [1.54, 1.807) is 0 Å². The van der Waals surface area contributed by atoms with Crippen molar-refractivity contribution in [3.63, 3.8) is 0 Å². The number of carboxylic acid groups (broad SMARTS) is 1. The molecule has 4 atom stereocenters. The molecule has 11 N–H and O–H groups in total. The number of phenols is 1. The Labute approximate surface area is 255 Å². The Kier molecular flexibility index (Phi) is 14.8. The van der Waals surface area contributed by atoms with Crippen molar-refractivity contribution >= 4 is 41.2 Å². The first-order valence-corrected chi connectivity index (χ1v) is 14.7. The van der Waals surface area contributed by atoms with Gasteiger partial charge in [-0.3, -0.25) is 34.2 Å². The highest BCUT2D eigenvalue weighted by Crippen LogP contribution is 2.14. The molecule has 1 aliphatic heterocycles. The minimum absolute atomic E-state index is 0.0114. The van der Waals surface area contributed by atoms with Crippen LogP contribution < -0.4 is 32.7 Å². The van der Waals surface area contributed by atoms with Gasteiger partial charge < -0.3 is 42.9 Å². The second kappa shape index (κ2) is 18.2. The predicted molar refractivity (Wildman–Crippen MR) is 159 cm³/mol. The van der Waals surface area contributed by atoms with E-state index < -0.39 is 66.0 Å². The number of carboxylic acids is 1. The molecule has 1 saturated heterocycles. The molecule has 0 saturated carbocycles. The van der Waals surface area contributed by atoms with Gasteiger partial charge in [-0.15, -0.1) is 0 Å². The molecule has 1 unspecified atom stereocenters. The van der Waals surface area contributed by atoms with Crippen molar-refractivity contribution < 1.29 is 39.0 Å². The summed E-state index contributed by atoms with van der Waals surface area (Å²) in [7, 11) is 0. The lowest BCUT2D eigenvalue weighted by molar-refractivity contribution is -0.141. The lowest BCUT2D eigenvalue weighted by Crippen LogP contribution is -2.58. The normalized spacial score (nSPS) is 22.1. The number of benzene rings is 1. The van der Waals surface area contributed by atoms with Crippen molar-refractivity contribution in [2.24, 2.45) is 11.5 Å². The first-order chi connectivity index (χ1) is 20.9. The summed E-state index contributed by atoms with van der Waals surface area (Å²) in [6, 6.07) is 0.932. The van der Waals surface area contributed by atoms with Gasteiger partial charge >= 0.3 is 5.97 Å². The fourth-order valence-electron chi connectivity index (χ4n) is 4.69. The van der Waals surface area contributed by atoms with E-state index in [0.717, 1.165) is 0 Å². The van der Waals surface area contributed by atoms with Gasteiger partial charge in [-0.1, -0.05) is 18.6 Å². The maximum absolute atomic E-state index is 13.6. The minimum Gasteiger partial charge on any atom is -0.508 e. The average molecular weight is 618 g/mol. The van der Waals surface area contributed by atoms with Crippen LogP contribution in [0.15, 0.2) is 24.3 Å². The van der Waals surface area contributed by atoms with Crippen molar-refractivity contribution in [3.05, 3.63) is 29.8 Å². The van der Waals surface area contributed by atoms with E-state index in [2.05, 4.69) is 21.3 Å². The minimum atomic E-state index is -1.54. The number of aromatic hydroxyl groups is 1. The number of aliphatic carboxylic acids is 1. The maximum Gasteiger partial charge on any atom is 0.305 e. The van der Waals surface area contributed by atoms with Crippen LogP contribution in [0.4, 0.5) is 0 Å². The third-order valence-corrected chi connectivity index (χ3v) is 7.11. The van der Waals surface area contributed by atoms with Gasteiger partial charge in [0.1, 0.15) is 23.9 Å². The number of nitrogens with two attached hydrogens (primary N) is 2. The Bertz CT molecular complexity index is 1190. The Balaban J connectivity index is 2.44. The molecule has 1 heterocycles. The molecule has 1 aliphatic rings. The molecule has 0 aliphatic carbocycles.